The van der Waals surface area contributed by atoms with Crippen LogP contribution in [0.25, 0.3) is 0 Å². The zero-order chi connectivity index (χ0) is 17.5. The molecule has 0 nitrogen and oxygen atoms in total. The van der Waals surface area contributed by atoms with Crippen LogP contribution in [-0.4, -0.2) is 0 Å². The van der Waals surface area contributed by atoms with Crippen LogP contribution in [0.4, 0.5) is 0 Å². The van der Waals surface area contributed by atoms with Gasteiger partial charge in [-0.3, -0.25) is 0 Å². The van der Waals surface area contributed by atoms with Crippen LogP contribution in [0.5, 0.6) is 0 Å². The van der Waals surface area contributed by atoms with Crippen molar-refractivity contribution in [3.63, 3.8) is 0 Å². The Kier molecular flexibility index (Phi) is 5.44. The molecule has 8 atom stereocenters. The molecule has 24 heavy (non-hydrogen) atoms. The van der Waals surface area contributed by atoms with Crippen molar-refractivity contribution in [3.05, 3.63) is 0 Å². The lowest BCUT2D eigenvalue weighted by Gasteiger charge is -2.59. The van der Waals surface area contributed by atoms with Gasteiger partial charge in [0.2, 0.25) is 0 Å². The first kappa shape index (κ1) is 18.8. The van der Waals surface area contributed by atoms with Crippen LogP contribution in [0.15, 0.2) is 0 Å². The first-order valence-electron chi connectivity index (χ1n) is 11.4. The standard InChI is InChI=1S/C24H44/c1-7-9-17(3)20-12-13-21-19-11-10-18(4)23(5,15-8-2)22(19)14-16-24(20,21)6/h17-22H,7-16H2,1-6H3. The van der Waals surface area contributed by atoms with Gasteiger partial charge in [0, 0.05) is 0 Å². The Morgan fingerprint density at radius 3 is 2.33 bits per heavy atom. The van der Waals surface area contributed by atoms with Crippen molar-refractivity contribution in [2.75, 3.05) is 0 Å². The Labute approximate surface area is 152 Å². The van der Waals surface area contributed by atoms with Gasteiger partial charge in [-0.15, -0.1) is 0 Å². The van der Waals surface area contributed by atoms with Crippen LogP contribution in [0, 0.1) is 46.3 Å². The molecule has 8 unspecified atom stereocenters. The summed E-state index contributed by atoms with van der Waals surface area (Å²) in [5.41, 5.74) is 1.30. The lowest BCUT2D eigenvalue weighted by atomic mass is 9.46. The number of rotatable bonds is 5. The molecule has 0 amide bonds. The molecule has 0 aromatic carbocycles. The molecule has 0 radical (unpaired) electrons. The summed E-state index contributed by atoms with van der Waals surface area (Å²) in [6, 6.07) is 0. The highest BCUT2D eigenvalue weighted by molar-refractivity contribution is 5.08. The molecule has 3 fully saturated rings. The summed E-state index contributed by atoms with van der Waals surface area (Å²) in [6.45, 7) is 15.3. The molecular formula is C24H44. The summed E-state index contributed by atoms with van der Waals surface area (Å²) >= 11 is 0. The van der Waals surface area contributed by atoms with Gasteiger partial charge in [-0.05, 0) is 91.3 Å². The van der Waals surface area contributed by atoms with E-state index in [0.717, 1.165) is 35.5 Å². The quantitative estimate of drug-likeness (QED) is 0.483. The lowest BCUT2D eigenvalue weighted by molar-refractivity contribution is -0.0999. The molecule has 0 heteroatoms. The molecule has 3 aliphatic carbocycles. The summed E-state index contributed by atoms with van der Waals surface area (Å²) in [4.78, 5) is 0. The third-order valence-electron chi connectivity index (χ3n) is 9.64. The van der Waals surface area contributed by atoms with Crippen LogP contribution < -0.4 is 0 Å². The highest BCUT2D eigenvalue weighted by Crippen LogP contribution is 2.67. The van der Waals surface area contributed by atoms with Gasteiger partial charge in [-0.25, -0.2) is 0 Å². The van der Waals surface area contributed by atoms with Gasteiger partial charge in [0.15, 0.2) is 0 Å². The molecular weight excluding hydrogens is 288 g/mol. The lowest BCUT2D eigenvalue weighted by Crippen LogP contribution is -2.51. The summed E-state index contributed by atoms with van der Waals surface area (Å²) in [5, 5.41) is 0. The van der Waals surface area contributed by atoms with E-state index in [2.05, 4.69) is 41.5 Å². The zero-order valence-corrected chi connectivity index (χ0v) is 17.5. The molecule has 140 valence electrons. The van der Waals surface area contributed by atoms with Crippen LogP contribution in [0.2, 0.25) is 0 Å². The van der Waals surface area contributed by atoms with Gasteiger partial charge in [0.05, 0.1) is 0 Å². The first-order chi connectivity index (χ1) is 11.4. The molecule has 0 aromatic heterocycles. The molecule has 0 aromatic rings. The van der Waals surface area contributed by atoms with E-state index in [9.17, 15) is 0 Å². The van der Waals surface area contributed by atoms with Crippen molar-refractivity contribution in [2.24, 2.45) is 46.3 Å². The second-order valence-corrected chi connectivity index (χ2v) is 10.6. The smallest absolute Gasteiger partial charge is 0.0264 e. The minimum Gasteiger partial charge on any atom is -0.0654 e. The monoisotopic (exact) mass is 332 g/mol. The second kappa shape index (κ2) is 6.96. The topological polar surface area (TPSA) is 0 Å². The van der Waals surface area contributed by atoms with Gasteiger partial charge < -0.3 is 0 Å². The maximum Gasteiger partial charge on any atom is -0.0264 e. The van der Waals surface area contributed by atoms with E-state index in [0.29, 0.717) is 10.8 Å². The van der Waals surface area contributed by atoms with E-state index in [1.165, 1.54) is 51.4 Å². The minimum atomic E-state index is 0.631. The van der Waals surface area contributed by atoms with E-state index in [1.54, 1.807) is 12.8 Å². The maximum atomic E-state index is 2.72. The van der Waals surface area contributed by atoms with Crippen LogP contribution in [-0.2, 0) is 0 Å². The highest BCUT2D eigenvalue weighted by Gasteiger charge is 2.59. The van der Waals surface area contributed by atoms with Crippen molar-refractivity contribution in [1.29, 1.82) is 0 Å². The van der Waals surface area contributed by atoms with Crippen molar-refractivity contribution >= 4 is 0 Å². The molecule has 0 aliphatic heterocycles. The Balaban J connectivity index is 1.83. The van der Waals surface area contributed by atoms with E-state index < -0.39 is 0 Å². The molecule has 3 aliphatic rings. The normalized spacial score (nSPS) is 49.5. The van der Waals surface area contributed by atoms with Gasteiger partial charge in [-0.1, -0.05) is 60.8 Å². The molecule has 0 spiro atoms. The molecule has 0 N–H and O–H groups in total. The van der Waals surface area contributed by atoms with Crippen LogP contribution in [0.3, 0.4) is 0 Å². The molecule has 0 heterocycles. The van der Waals surface area contributed by atoms with E-state index in [-0.39, 0.29) is 0 Å². The van der Waals surface area contributed by atoms with Crippen LogP contribution in [0.1, 0.15) is 106 Å². The zero-order valence-electron chi connectivity index (χ0n) is 17.5. The maximum absolute atomic E-state index is 2.72. The Morgan fingerprint density at radius 1 is 0.917 bits per heavy atom. The van der Waals surface area contributed by atoms with E-state index in [1.807, 2.05) is 0 Å². The summed E-state index contributed by atoms with van der Waals surface area (Å²) < 4.78 is 0. The number of hydrogen-bond donors (Lipinski definition) is 0. The van der Waals surface area contributed by atoms with Crippen molar-refractivity contribution < 1.29 is 0 Å². The summed E-state index contributed by atoms with van der Waals surface area (Å²) in [5.74, 6) is 6.03. The molecule has 0 bridgehead atoms. The van der Waals surface area contributed by atoms with Gasteiger partial charge in [0.1, 0.15) is 0 Å². The van der Waals surface area contributed by atoms with Gasteiger partial charge in [0.25, 0.3) is 0 Å². The fraction of sp³-hybridized carbons (Fsp3) is 1.00. The average Bonchev–Trinajstić information content (AvgIpc) is 2.89. The Hall–Kier alpha value is 0. The third kappa shape index (κ3) is 2.79. The fourth-order valence-corrected chi connectivity index (χ4v) is 8.25. The average molecular weight is 333 g/mol. The van der Waals surface area contributed by atoms with Gasteiger partial charge in [-0.2, -0.15) is 0 Å². The second-order valence-electron chi connectivity index (χ2n) is 10.6. The SMILES string of the molecule is CCCC(C)C1CCC2C3CCC(C)C(C)(CCC)C3CCC12C. The van der Waals surface area contributed by atoms with E-state index >= 15 is 0 Å². The largest absolute Gasteiger partial charge is 0.0654 e. The predicted octanol–water partition coefficient (Wildman–Crippen LogP) is 7.72. The van der Waals surface area contributed by atoms with Gasteiger partial charge >= 0.3 is 0 Å². The third-order valence-corrected chi connectivity index (χ3v) is 9.64. The van der Waals surface area contributed by atoms with E-state index in [4.69, 9.17) is 0 Å². The first-order valence-corrected chi connectivity index (χ1v) is 11.4. The Morgan fingerprint density at radius 2 is 1.67 bits per heavy atom. The van der Waals surface area contributed by atoms with Crippen molar-refractivity contribution in [3.8, 4) is 0 Å². The highest BCUT2D eigenvalue weighted by atomic mass is 14.6. The molecule has 3 saturated carbocycles. The molecule has 3 rings (SSSR count). The number of hydrogen-bond acceptors (Lipinski definition) is 0. The molecule has 0 saturated heterocycles. The summed E-state index contributed by atoms with van der Waals surface area (Å²) in [6.07, 6.45) is 14.9. The van der Waals surface area contributed by atoms with Crippen LogP contribution >= 0.6 is 0 Å². The Bertz CT molecular complexity index is 426. The minimum absolute atomic E-state index is 0.631. The fourth-order valence-electron chi connectivity index (χ4n) is 8.25. The van der Waals surface area contributed by atoms with Crippen molar-refractivity contribution in [2.45, 2.75) is 106 Å². The summed E-state index contributed by atoms with van der Waals surface area (Å²) in [7, 11) is 0. The number of fused-ring (bicyclic) bond motifs is 3. The van der Waals surface area contributed by atoms with Crippen molar-refractivity contribution in [1.82, 2.24) is 0 Å². The predicted molar refractivity (Wildman–Crippen MR) is 106 cm³/mol.